The quantitative estimate of drug-likeness (QED) is 0.564. The Labute approximate surface area is 83.4 Å². The van der Waals surface area contributed by atoms with E-state index in [2.05, 4.69) is 27.4 Å². The van der Waals surface area contributed by atoms with Crippen LogP contribution in [0.25, 0.3) is 0 Å². The summed E-state index contributed by atoms with van der Waals surface area (Å²) in [6.07, 6.45) is 7.06. The molecule has 0 heteroatoms. The summed E-state index contributed by atoms with van der Waals surface area (Å²) in [7, 11) is 0. The molecule has 0 heterocycles. The van der Waals surface area contributed by atoms with E-state index in [0.717, 1.165) is 17.8 Å². The molecule has 0 unspecified atom stereocenters. The lowest BCUT2D eigenvalue weighted by Crippen LogP contribution is -2.18. The maximum atomic E-state index is 4.00. The molecule has 1 aliphatic rings. The third-order valence-electron chi connectivity index (χ3n) is 3.47. The van der Waals surface area contributed by atoms with E-state index in [1.54, 1.807) is 0 Å². The van der Waals surface area contributed by atoms with Crippen molar-refractivity contribution in [3.63, 3.8) is 0 Å². The van der Waals surface area contributed by atoms with Gasteiger partial charge in [0.25, 0.3) is 0 Å². The molecular weight excluding hydrogens is 156 g/mol. The van der Waals surface area contributed by atoms with Gasteiger partial charge >= 0.3 is 0 Å². The smallest absolute Gasteiger partial charge is 0.0297 e. The Morgan fingerprint density at radius 3 is 2.15 bits per heavy atom. The van der Waals surface area contributed by atoms with Crippen molar-refractivity contribution in [3.8, 4) is 0 Å². The van der Waals surface area contributed by atoms with Crippen molar-refractivity contribution in [1.82, 2.24) is 0 Å². The first-order valence-electron chi connectivity index (χ1n) is 5.74. The molecule has 0 atom stereocenters. The van der Waals surface area contributed by atoms with E-state index < -0.39 is 0 Å². The van der Waals surface area contributed by atoms with E-state index in [1.807, 2.05) is 0 Å². The highest BCUT2D eigenvalue weighted by atomic mass is 14.3. The molecule has 0 aromatic heterocycles. The van der Waals surface area contributed by atoms with Crippen LogP contribution in [-0.4, -0.2) is 0 Å². The van der Waals surface area contributed by atoms with E-state index in [0.29, 0.717) is 0 Å². The van der Waals surface area contributed by atoms with Crippen molar-refractivity contribution in [1.29, 1.82) is 0 Å². The Bertz CT molecular complexity index is 159. The van der Waals surface area contributed by atoms with Crippen molar-refractivity contribution >= 4 is 0 Å². The predicted molar refractivity (Wildman–Crippen MR) is 59.7 cm³/mol. The zero-order chi connectivity index (χ0) is 9.84. The van der Waals surface area contributed by atoms with Gasteiger partial charge in [-0.05, 0) is 56.8 Å². The molecule has 0 aliphatic heterocycles. The van der Waals surface area contributed by atoms with Gasteiger partial charge in [0.2, 0.25) is 0 Å². The van der Waals surface area contributed by atoms with Crippen molar-refractivity contribution in [2.45, 2.75) is 52.9 Å². The van der Waals surface area contributed by atoms with Crippen LogP contribution in [0.3, 0.4) is 0 Å². The second kappa shape index (κ2) is 4.83. The monoisotopic (exact) mass is 180 g/mol. The van der Waals surface area contributed by atoms with E-state index in [4.69, 9.17) is 0 Å². The fourth-order valence-electron chi connectivity index (χ4n) is 2.55. The van der Waals surface area contributed by atoms with Crippen molar-refractivity contribution in [2.24, 2.45) is 17.8 Å². The van der Waals surface area contributed by atoms with Gasteiger partial charge in [0.15, 0.2) is 0 Å². The molecule has 0 nitrogen and oxygen atoms in total. The Balaban J connectivity index is 2.26. The summed E-state index contributed by atoms with van der Waals surface area (Å²) < 4.78 is 0. The van der Waals surface area contributed by atoms with Crippen LogP contribution in [0, 0.1) is 17.8 Å². The second-order valence-corrected chi connectivity index (χ2v) is 5.19. The molecule has 0 aromatic rings. The average Bonchev–Trinajstić information content (AvgIpc) is 2.04. The molecule has 1 aliphatic carbocycles. The van der Waals surface area contributed by atoms with Crippen LogP contribution < -0.4 is 0 Å². The van der Waals surface area contributed by atoms with E-state index >= 15 is 0 Å². The Hall–Kier alpha value is -0.260. The molecule has 1 rings (SSSR count). The summed E-state index contributed by atoms with van der Waals surface area (Å²) in [5.74, 6) is 2.85. The lowest BCUT2D eigenvalue weighted by Gasteiger charge is -2.30. The fraction of sp³-hybridized carbons (Fsp3) is 0.846. The Kier molecular flexibility index (Phi) is 4.02. The molecule has 76 valence electrons. The van der Waals surface area contributed by atoms with Crippen molar-refractivity contribution < 1.29 is 0 Å². The van der Waals surface area contributed by atoms with Crippen molar-refractivity contribution in [2.75, 3.05) is 0 Å². The second-order valence-electron chi connectivity index (χ2n) is 5.19. The van der Waals surface area contributed by atoms with Crippen LogP contribution in [0.4, 0.5) is 0 Å². The zero-order valence-electron chi connectivity index (χ0n) is 9.47. The lowest BCUT2D eigenvalue weighted by atomic mass is 9.75. The topological polar surface area (TPSA) is 0 Å². The molecule has 0 radical (unpaired) electrons. The van der Waals surface area contributed by atoms with Gasteiger partial charge in [-0.15, -0.1) is 6.58 Å². The molecule has 0 aromatic carbocycles. The van der Waals surface area contributed by atoms with E-state index in [1.165, 1.54) is 37.7 Å². The van der Waals surface area contributed by atoms with Crippen LogP contribution in [0.2, 0.25) is 0 Å². The molecular formula is C13H24. The van der Waals surface area contributed by atoms with Gasteiger partial charge in [0.05, 0.1) is 0 Å². The molecule has 0 spiro atoms. The Morgan fingerprint density at radius 2 is 1.77 bits per heavy atom. The van der Waals surface area contributed by atoms with Gasteiger partial charge in [0.1, 0.15) is 0 Å². The van der Waals surface area contributed by atoms with Gasteiger partial charge < -0.3 is 0 Å². The third kappa shape index (κ3) is 3.54. The van der Waals surface area contributed by atoms with E-state index in [9.17, 15) is 0 Å². The van der Waals surface area contributed by atoms with Crippen LogP contribution in [0.15, 0.2) is 12.2 Å². The minimum atomic E-state index is 0.894. The molecule has 0 N–H and O–H groups in total. The zero-order valence-corrected chi connectivity index (χ0v) is 9.47. The van der Waals surface area contributed by atoms with Crippen LogP contribution >= 0.6 is 0 Å². The summed E-state index contributed by atoms with van der Waals surface area (Å²) >= 11 is 0. The molecule has 13 heavy (non-hydrogen) atoms. The number of rotatable bonds is 3. The van der Waals surface area contributed by atoms with Gasteiger partial charge in [-0.3, -0.25) is 0 Å². The summed E-state index contributed by atoms with van der Waals surface area (Å²) in [4.78, 5) is 0. The Morgan fingerprint density at radius 1 is 1.23 bits per heavy atom. The largest absolute Gasteiger partial charge is 0.100 e. The van der Waals surface area contributed by atoms with Gasteiger partial charge in [0, 0.05) is 0 Å². The van der Waals surface area contributed by atoms with Gasteiger partial charge in [-0.25, -0.2) is 0 Å². The fourth-order valence-corrected chi connectivity index (χ4v) is 2.55. The minimum Gasteiger partial charge on any atom is -0.100 e. The summed E-state index contributed by atoms with van der Waals surface area (Å²) in [6.45, 7) is 10.9. The number of hydrogen-bond donors (Lipinski definition) is 0. The molecule has 1 fully saturated rings. The SMILES string of the molecule is C=C(C)CC1CCC(C(C)C)CC1. The number of allylic oxidation sites excluding steroid dienone is 1. The first kappa shape index (κ1) is 10.8. The summed E-state index contributed by atoms with van der Waals surface area (Å²) in [6, 6.07) is 0. The van der Waals surface area contributed by atoms with Gasteiger partial charge in [-0.1, -0.05) is 19.4 Å². The minimum absolute atomic E-state index is 0.894. The van der Waals surface area contributed by atoms with Crippen LogP contribution in [-0.2, 0) is 0 Å². The first-order valence-corrected chi connectivity index (χ1v) is 5.74. The van der Waals surface area contributed by atoms with Crippen LogP contribution in [0.1, 0.15) is 52.9 Å². The highest BCUT2D eigenvalue weighted by Crippen LogP contribution is 2.35. The summed E-state index contributed by atoms with van der Waals surface area (Å²) in [5, 5.41) is 0. The normalized spacial score (nSPS) is 29.2. The van der Waals surface area contributed by atoms with Crippen LogP contribution in [0.5, 0.6) is 0 Å². The maximum Gasteiger partial charge on any atom is -0.0297 e. The molecule has 0 saturated heterocycles. The first-order chi connectivity index (χ1) is 6.09. The standard InChI is InChI=1S/C13H24/c1-10(2)9-12-5-7-13(8-6-12)11(3)4/h11-13H,1,5-9H2,2-4H3. The van der Waals surface area contributed by atoms with Crippen molar-refractivity contribution in [3.05, 3.63) is 12.2 Å². The maximum absolute atomic E-state index is 4.00. The highest BCUT2D eigenvalue weighted by molar-refractivity contribution is 4.91. The average molecular weight is 180 g/mol. The van der Waals surface area contributed by atoms with E-state index in [-0.39, 0.29) is 0 Å². The third-order valence-corrected chi connectivity index (χ3v) is 3.47. The lowest BCUT2D eigenvalue weighted by molar-refractivity contribution is 0.223. The number of hydrogen-bond acceptors (Lipinski definition) is 0. The predicted octanol–water partition coefficient (Wildman–Crippen LogP) is 4.42. The molecule has 0 amide bonds. The molecule has 0 bridgehead atoms. The molecule has 1 saturated carbocycles. The highest BCUT2D eigenvalue weighted by Gasteiger charge is 2.22. The van der Waals surface area contributed by atoms with Gasteiger partial charge in [-0.2, -0.15) is 0 Å². The summed E-state index contributed by atoms with van der Waals surface area (Å²) in [5.41, 5.74) is 1.37.